The fourth-order valence-electron chi connectivity index (χ4n) is 2.46. The molecule has 6 heteroatoms. The second-order valence-electron chi connectivity index (χ2n) is 6.16. The zero-order chi connectivity index (χ0) is 18.4. The monoisotopic (exact) mass is 360 g/mol. The standard InChI is InChI=1S/C19H24N2O3S/c1-15(16-9-11-18(12-10-16)25(3,23)24)21(2)14-13-19(22)20-17-7-5-4-6-8-17/h4-12,15H,13-14H2,1-3H3,(H,20,22). The minimum Gasteiger partial charge on any atom is -0.326 e. The number of rotatable bonds is 7. The lowest BCUT2D eigenvalue weighted by molar-refractivity contribution is -0.116. The highest BCUT2D eigenvalue weighted by atomic mass is 32.2. The molecule has 2 aromatic rings. The summed E-state index contributed by atoms with van der Waals surface area (Å²) in [5.74, 6) is -0.0299. The summed E-state index contributed by atoms with van der Waals surface area (Å²) in [6.45, 7) is 2.64. The molecule has 0 heterocycles. The summed E-state index contributed by atoms with van der Waals surface area (Å²) in [5, 5.41) is 2.87. The number of carbonyl (C=O) groups excluding carboxylic acids is 1. The molecule has 1 unspecified atom stereocenters. The van der Waals surface area contributed by atoms with Crippen LogP contribution < -0.4 is 5.32 Å². The number of amides is 1. The summed E-state index contributed by atoms with van der Waals surface area (Å²) in [5.41, 5.74) is 1.80. The molecule has 0 aliphatic rings. The summed E-state index contributed by atoms with van der Waals surface area (Å²) < 4.78 is 23.0. The highest BCUT2D eigenvalue weighted by molar-refractivity contribution is 7.90. The van der Waals surface area contributed by atoms with Gasteiger partial charge in [-0.05, 0) is 43.8 Å². The van der Waals surface area contributed by atoms with E-state index in [4.69, 9.17) is 0 Å². The summed E-state index contributed by atoms with van der Waals surface area (Å²) in [6, 6.07) is 16.3. The minimum absolute atomic E-state index is 0.0299. The van der Waals surface area contributed by atoms with Gasteiger partial charge < -0.3 is 5.32 Å². The molecule has 0 fully saturated rings. The van der Waals surface area contributed by atoms with Crippen LogP contribution in [0.4, 0.5) is 5.69 Å². The molecule has 0 aromatic heterocycles. The highest BCUT2D eigenvalue weighted by Gasteiger charge is 2.14. The van der Waals surface area contributed by atoms with Crippen LogP contribution in [0.3, 0.4) is 0 Å². The molecule has 2 aromatic carbocycles. The van der Waals surface area contributed by atoms with Crippen molar-refractivity contribution in [2.45, 2.75) is 24.3 Å². The van der Waals surface area contributed by atoms with Crippen LogP contribution in [-0.2, 0) is 14.6 Å². The van der Waals surface area contributed by atoms with Crippen LogP contribution in [0, 0.1) is 0 Å². The Hall–Kier alpha value is -2.18. The lowest BCUT2D eigenvalue weighted by Crippen LogP contribution is -2.27. The first-order chi connectivity index (χ1) is 11.8. The predicted molar refractivity (Wildman–Crippen MR) is 100 cm³/mol. The molecule has 0 radical (unpaired) electrons. The van der Waals surface area contributed by atoms with E-state index in [1.54, 1.807) is 12.1 Å². The summed E-state index contributed by atoms with van der Waals surface area (Å²) in [4.78, 5) is 14.4. The number of nitrogens with one attached hydrogen (secondary N) is 1. The molecular formula is C19H24N2O3S. The maximum Gasteiger partial charge on any atom is 0.225 e. The molecule has 0 saturated heterocycles. The van der Waals surface area contributed by atoms with Gasteiger partial charge in [-0.1, -0.05) is 30.3 Å². The Kier molecular flexibility index (Phi) is 6.33. The van der Waals surface area contributed by atoms with Crippen molar-refractivity contribution in [1.29, 1.82) is 0 Å². The molecule has 25 heavy (non-hydrogen) atoms. The maximum absolute atomic E-state index is 12.0. The third-order valence-electron chi connectivity index (χ3n) is 4.20. The topological polar surface area (TPSA) is 66.5 Å². The largest absolute Gasteiger partial charge is 0.326 e. The van der Waals surface area contributed by atoms with E-state index in [0.717, 1.165) is 11.3 Å². The Morgan fingerprint density at radius 1 is 1.08 bits per heavy atom. The van der Waals surface area contributed by atoms with Gasteiger partial charge in [-0.2, -0.15) is 0 Å². The molecule has 0 bridgehead atoms. The average Bonchev–Trinajstić information content (AvgIpc) is 2.59. The van der Waals surface area contributed by atoms with Gasteiger partial charge in [0.25, 0.3) is 0 Å². The Morgan fingerprint density at radius 2 is 1.68 bits per heavy atom. The zero-order valence-electron chi connectivity index (χ0n) is 14.8. The van der Waals surface area contributed by atoms with Crippen molar-refractivity contribution in [2.75, 3.05) is 25.2 Å². The normalized spacial score (nSPS) is 12.8. The van der Waals surface area contributed by atoms with Crippen LogP contribution in [-0.4, -0.2) is 39.1 Å². The van der Waals surface area contributed by atoms with E-state index in [9.17, 15) is 13.2 Å². The minimum atomic E-state index is -3.18. The third kappa shape index (κ3) is 5.69. The summed E-state index contributed by atoms with van der Waals surface area (Å²) >= 11 is 0. The van der Waals surface area contributed by atoms with E-state index in [1.165, 1.54) is 6.26 Å². The number of hydrogen-bond donors (Lipinski definition) is 1. The molecule has 0 aliphatic heterocycles. The Labute approximate surface area is 149 Å². The van der Waals surface area contributed by atoms with Gasteiger partial charge in [0, 0.05) is 31.0 Å². The van der Waals surface area contributed by atoms with Gasteiger partial charge in [0.05, 0.1) is 4.90 Å². The Morgan fingerprint density at radius 3 is 2.24 bits per heavy atom. The van der Waals surface area contributed by atoms with Crippen LogP contribution in [0.1, 0.15) is 24.9 Å². The molecule has 0 saturated carbocycles. The van der Waals surface area contributed by atoms with E-state index in [1.807, 2.05) is 56.4 Å². The fourth-order valence-corrected chi connectivity index (χ4v) is 3.10. The highest BCUT2D eigenvalue weighted by Crippen LogP contribution is 2.21. The van der Waals surface area contributed by atoms with Gasteiger partial charge in [0.1, 0.15) is 0 Å². The third-order valence-corrected chi connectivity index (χ3v) is 5.33. The SMILES string of the molecule is CC(c1ccc(S(C)(=O)=O)cc1)N(C)CCC(=O)Nc1ccccc1. The predicted octanol–water partition coefficient (Wildman–Crippen LogP) is 3.11. The smallest absolute Gasteiger partial charge is 0.225 e. The van der Waals surface area contributed by atoms with E-state index < -0.39 is 9.84 Å². The van der Waals surface area contributed by atoms with Crippen molar-refractivity contribution < 1.29 is 13.2 Å². The molecule has 134 valence electrons. The lowest BCUT2D eigenvalue weighted by atomic mass is 10.1. The Balaban J connectivity index is 1.89. The molecule has 0 aliphatic carbocycles. The number of anilines is 1. The van der Waals surface area contributed by atoms with E-state index in [-0.39, 0.29) is 11.9 Å². The molecule has 1 amide bonds. The van der Waals surface area contributed by atoms with Gasteiger partial charge in [-0.25, -0.2) is 8.42 Å². The quantitative estimate of drug-likeness (QED) is 0.824. The maximum atomic E-state index is 12.0. The first-order valence-corrected chi connectivity index (χ1v) is 10.0. The summed E-state index contributed by atoms with van der Waals surface area (Å²) in [6.07, 6.45) is 1.58. The van der Waals surface area contributed by atoms with Crippen molar-refractivity contribution in [3.63, 3.8) is 0 Å². The molecule has 2 rings (SSSR count). The number of sulfone groups is 1. The van der Waals surface area contributed by atoms with Crippen molar-refractivity contribution >= 4 is 21.4 Å². The van der Waals surface area contributed by atoms with E-state index in [0.29, 0.717) is 17.9 Å². The van der Waals surface area contributed by atoms with Crippen molar-refractivity contribution in [3.05, 3.63) is 60.2 Å². The second kappa shape index (κ2) is 8.27. The van der Waals surface area contributed by atoms with Gasteiger partial charge in [-0.15, -0.1) is 0 Å². The number of para-hydroxylation sites is 1. The van der Waals surface area contributed by atoms with Gasteiger partial charge in [0.15, 0.2) is 9.84 Å². The van der Waals surface area contributed by atoms with Crippen molar-refractivity contribution in [2.24, 2.45) is 0 Å². The first kappa shape index (κ1) is 19.1. The second-order valence-corrected chi connectivity index (χ2v) is 8.18. The molecule has 1 atom stereocenters. The molecule has 1 N–H and O–H groups in total. The van der Waals surface area contributed by atoms with Gasteiger partial charge in [0.2, 0.25) is 5.91 Å². The summed E-state index contributed by atoms with van der Waals surface area (Å²) in [7, 11) is -1.23. The van der Waals surface area contributed by atoms with Crippen LogP contribution in [0.5, 0.6) is 0 Å². The van der Waals surface area contributed by atoms with Crippen molar-refractivity contribution in [1.82, 2.24) is 4.90 Å². The van der Waals surface area contributed by atoms with Gasteiger partial charge in [-0.3, -0.25) is 9.69 Å². The molecule has 0 spiro atoms. The number of nitrogens with zero attached hydrogens (tertiary/aromatic N) is 1. The van der Waals surface area contributed by atoms with Crippen LogP contribution >= 0.6 is 0 Å². The molecular weight excluding hydrogens is 336 g/mol. The lowest BCUT2D eigenvalue weighted by Gasteiger charge is -2.25. The van der Waals surface area contributed by atoms with Crippen LogP contribution in [0.25, 0.3) is 0 Å². The molecule has 5 nitrogen and oxygen atoms in total. The van der Waals surface area contributed by atoms with E-state index in [2.05, 4.69) is 10.2 Å². The van der Waals surface area contributed by atoms with Crippen LogP contribution in [0.2, 0.25) is 0 Å². The average molecular weight is 360 g/mol. The Bertz CT molecular complexity index is 802. The number of carbonyl (C=O) groups is 1. The first-order valence-electron chi connectivity index (χ1n) is 8.12. The van der Waals surface area contributed by atoms with Crippen molar-refractivity contribution in [3.8, 4) is 0 Å². The van der Waals surface area contributed by atoms with Gasteiger partial charge >= 0.3 is 0 Å². The number of hydrogen-bond acceptors (Lipinski definition) is 4. The number of benzene rings is 2. The van der Waals surface area contributed by atoms with E-state index >= 15 is 0 Å². The van der Waals surface area contributed by atoms with Crippen LogP contribution in [0.15, 0.2) is 59.5 Å². The fraction of sp³-hybridized carbons (Fsp3) is 0.316. The zero-order valence-corrected chi connectivity index (χ0v) is 15.6.